The molecule has 1 amide bonds. The van der Waals surface area contributed by atoms with E-state index in [4.69, 9.17) is 4.74 Å². The highest BCUT2D eigenvalue weighted by Crippen LogP contribution is 2.10. The molecule has 1 unspecified atom stereocenters. The van der Waals surface area contributed by atoms with E-state index in [0.717, 1.165) is 19.4 Å². The van der Waals surface area contributed by atoms with Gasteiger partial charge in [-0.15, -0.1) is 0 Å². The first-order chi connectivity index (χ1) is 5.33. The molecule has 0 aliphatic carbocycles. The highest BCUT2D eigenvalue weighted by Gasteiger charge is 2.15. The summed E-state index contributed by atoms with van der Waals surface area (Å²) in [6.07, 6.45) is 1.92. The summed E-state index contributed by atoms with van der Waals surface area (Å²) < 4.78 is 9.68. The fourth-order valence-electron chi connectivity index (χ4n) is 1.07. The molecule has 11 heavy (non-hydrogen) atoms. The zero-order valence-corrected chi connectivity index (χ0v) is 6.63. The van der Waals surface area contributed by atoms with Gasteiger partial charge in [0.15, 0.2) is 0 Å². The Morgan fingerprint density at radius 1 is 1.82 bits per heavy atom. The largest absolute Gasteiger partial charge is 0.453 e. The van der Waals surface area contributed by atoms with Crippen molar-refractivity contribution >= 4 is 6.09 Å². The van der Waals surface area contributed by atoms with E-state index in [-0.39, 0.29) is 12.2 Å². The molecule has 1 saturated heterocycles. The summed E-state index contributed by atoms with van der Waals surface area (Å²) in [5, 5.41) is 2.59. The van der Waals surface area contributed by atoms with Crippen LogP contribution in [0.25, 0.3) is 0 Å². The van der Waals surface area contributed by atoms with Crippen molar-refractivity contribution in [3.8, 4) is 0 Å². The highest BCUT2D eigenvalue weighted by molar-refractivity contribution is 5.66. The summed E-state index contributed by atoms with van der Waals surface area (Å²) in [4.78, 5) is 10.6. The van der Waals surface area contributed by atoms with Gasteiger partial charge >= 0.3 is 6.09 Å². The molecule has 1 N–H and O–H groups in total. The van der Waals surface area contributed by atoms with Crippen LogP contribution in [0.2, 0.25) is 0 Å². The smallest absolute Gasteiger partial charge is 0.406 e. The van der Waals surface area contributed by atoms with Gasteiger partial charge in [0.1, 0.15) is 0 Å². The van der Waals surface area contributed by atoms with E-state index in [1.54, 1.807) is 0 Å². The summed E-state index contributed by atoms with van der Waals surface area (Å²) in [6, 6.07) is 0. The molecule has 1 atom stereocenters. The molecule has 0 aromatic rings. The van der Waals surface area contributed by atoms with Crippen molar-refractivity contribution < 1.29 is 14.3 Å². The molecule has 0 radical (unpaired) electrons. The summed E-state index contributed by atoms with van der Waals surface area (Å²) in [7, 11) is 1.35. The highest BCUT2D eigenvalue weighted by atomic mass is 16.5. The molecule has 0 saturated carbocycles. The lowest BCUT2D eigenvalue weighted by Gasteiger charge is -2.08. The fourth-order valence-corrected chi connectivity index (χ4v) is 1.07. The van der Waals surface area contributed by atoms with Crippen LogP contribution >= 0.6 is 0 Å². The molecule has 1 aliphatic rings. The molecule has 0 aromatic carbocycles. The summed E-state index contributed by atoms with van der Waals surface area (Å²) in [5.74, 6) is 0. The third-order valence-electron chi connectivity index (χ3n) is 1.68. The monoisotopic (exact) mass is 159 g/mol. The molecule has 4 nitrogen and oxygen atoms in total. The number of hydrogen-bond acceptors (Lipinski definition) is 3. The van der Waals surface area contributed by atoms with Crippen LogP contribution in [-0.2, 0) is 9.47 Å². The number of rotatable bonds is 2. The molecule has 0 aromatic heterocycles. The minimum absolute atomic E-state index is 0.189. The average molecular weight is 159 g/mol. The van der Waals surface area contributed by atoms with Gasteiger partial charge in [0.25, 0.3) is 0 Å². The lowest BCUT2D eigenvalue weighted by atomic mass is 10.2. The molecular weight excluding hydrogens is 146 g/mol. The first-order valence-electron chi connectivity index (χ1n) is 3.76. The maximum absolute atomic E-state index is 10.6. The van der Waals surface area contributed by atoms with Gasteiger partial charge in [-0.25, -0.2) is 4.79 Å². The van der Waals surface area contributed by atoms with Gasteiger partial charge in [-0.2, -0.15) is 0 Å². The van der Waals surface area contributed by atoms with Crippen LogP contribution in [0, 0.1) is 0 Å². The van der Waals surface area contributed by atoms with Gasteiger partial charge in [0.05, 0.1) is 13.2 Å². The summed E-state index contributed by atoms with van der Waals surface area (Å²) in [6.45, 7) is 1.38. The van der Waals surface area contributed by atoms with Crippen LogP contribution < -0.4 is 5.32 Å². The molecule has 0 bridgehead atoms. The minimum atomic E-state index is -0.388. The molecule has 64 valence electrons. The Morgan fingerprint density at radius 3 is 3.18 bits per heavy atom. The van der Waals surface area contributed by atoms with E-state index < -0.39 is 0 Å². The van der Waals surface area contributed by atoms with Crippen molar-refractivity contribution in [2.24, 2.45) is 0 Å². The SMILES string of the molecule is COC(=O)NCC1CCCO1. The number of alkyl carbamates (subject to hydrolysis) is 1. The molecule has 1 fully saturated rings. The van der Waals surface area contributed by atoms with E-state index in [2.05, 4.69) is 10.1 Å². The van der Waals surface area contributed by atoms with Gasteiger partial charge < -0.3 is 14.8 Å². The van der Waals surface area contributed by atoms with Crippen LogP contribution in [0.5, 0.6) is 0 Å². The summed E-state index contributed by atoms with van der Waals surface area (Å²) >= 11 is 0. The van der Waals surface area contributed by atoms with Gasteiger partial charge in [-0.3, -0.25) is 0 Å². The van der Waals surface area contributed by atoms with Crippen molar-refractivity contribution in [3.63, 3.8) is 0 Å². The number of hydrogen-bond donors (Lipinski definition) is 1. The Balaban J connectivity index is 2.06. The van der Waals surface area contributed by atoms with Crippen LogP contribution in [-0.4, -0.2) is 32.5 Å². The normalized spacial score (nSPS) is 23.2. The molecule has 0 spiro atoms. The van der Waals surface area contributed by atoms with E-state index >= 15 is 0 Å². The van der Waals surface area contributed by atoms with Crippen LogP contribution in [0.3, 0.4) is 0 Å². The Hall–Kier alpha value is -0.770. The van der Waals surface area contributed by atoms with Crippen LogP contribution in [0.1, 0.15) is 12.8 Å². The van der Waals surface area contributed by atoms with Gasteiger partial charge in [-0.05, 0) is 12.8 Å². The van der Waals surface area contributed by atoms with Crippen LogP contribution in [0.15, 0.2) is 0 Å². The number of ether oxygens (including phenoxy) is 2. The number of amides is 1. The predicted molar refractivity (Wildman–Crippen MR) is 39.4 cm³/mol. The zero-order valence-electron chi connectivity index (χ0n) is 6.63. The Bertz CT molecular complexity index is 132. The Kier molecular flexibility index (Phi) is 3.16. The standard InChI is InChI=1S/C7H13NO3/c1-10-7(9)8-5-6-3-2-4-11-6/h6H,2-5H2,1H3,(H,8,9). The number of nitrogens with one attached hydrogen (secondary N) is 1. The Morgan fingerprint density at radius 2 is 2.64 bits per heavy atom. The zero-order chi connectivity index (χ0) is 8.10. The molecule has 1 heterocycles. The maximum atomic E-state index is 10.6. The fraction of sp³-hybridized carbons (Fsp3) is 0.857. The second-order valence-corrected chi connectivity index (χ2v) is 2.51. The van der Waals surface area contributed by atoms with E-state index in [0.29, 0.717) is 6.54 Å². The topological polar surface area (TPSA) is 47.6 Å². The molecule has 1 aliphatic heterocycles. The maximum Gasteiger partial charge on any atom is 0.406 e. The van der Waals surface area contributed by atoms with Crippen molar-refractivity contribution in [3.05, 3.63) is 0 Å². The van der Waals surface area contributed by atoms with Crippen molar-refractivity contribution in [1.82, 2.24) is 5.32 Å². The number of carbonyl (C=O) groups is 1. The average Bonchev–Trinajstić information content (AvgIpc) is 2.52. The van der Waals surface area contributed by atoms with E-state index in [9.17, 15) is 4.79 Å². The second-order valence-electron chi connectivity index (χ2n) is 2.51. The third kappa shape index (κ3) is 2.76. The second kappa shape index (κ2) is 4.18. The van der Waals surface area contributed by atoms with E-state index in [1.807, 2.05) is 0 Å². The Labute approximate surface area is 65.9 Å². The van der Waals surface area contributed by atoms with Gasteiger partial charge in [-0.1, -0.05) is 0 Å². The quantitative estimate of drug-likeness (QED) is 0.639. The molecule has 4 heteroatoms. The third-order valence-corrected chi connectivity index (χ3v) is 1.68. The molecular formula is C7H13NO3. The number of carbonyl (C=O) groups excluding carboxylic acids is 1. The first-order valence-corrected chi connectivity index (χ1v) is 3.76. The minimum Gasteiger partial charge on any atom is -0.453 e. The predicted octanol–water partition coefficient (Wildman–Crippen LogP) is 0.521. The molecule has 1 rings (SSSR count). The van der Waals surface area contributed by atoms with Crippen molar-refractivity contribution in [1.29, 1.82) is 0 Å². The lowest BCUT2D eigenvalue weighted by Crippen LogP contribution is -2.31. The van der Waals surface area contributed by atoms with E-state index in [1.165, 1.54) is 7.11 Å². The first kappa shape index (κ1) is 8.33. The van der Waals surface area contributed by atoms with Crippen LogP contribution in [0.4, 0.5) is 4.79 Å². The lowest BCUT2D eigenvalue weighted by molar-refractivity contribution is 0.105. The summed E-state index contributed by atoms with van der Waals surface area (Å²) in [5.41, 5.74) is 0. The van der Waals surface area contributed by atoms with Crippen molar-refractivity contribution in [2.45, 2.75) is 18.9 Å². The van der Waals surface area contributed by atoms with Crippen molar-refractivity contribution in [2.75, 3.05) is 20.3 Å². The van der Waals surface area contributed by atoms with Gasteiger partial charge in [0.2, 0.25) is 0 Å². The van der Waals surface area contributed by atoms with Gasteiger partial charge in [0, 0.05) is 13.2 Å². The number of methoxy groups -OCH3 is 1.